The van der Waals surface area contributed by atoms with Gasteiger partial charge in [-0.25, -0.2) is 8.42 Å². The molecule has 1 fully saturated rings. The van der Waals surface area contributed by atoms with Crippen LogP contribution >= 0.6 is 0 Å². The molecule has 0 aliphatic carbocycles. The van der Waals surface area contributed by atoms with Crippen molar-refractivity contribution in [2.45, 2.75) is 43.9 Å². The van der Waals surface area contributed by atoms with Gasteiger partial charge in [-0.15, -0.1) is 10.2 Å². The number of amides is 1. The number of piperidine rings is 1. The Hall–Kier alpha value is -3.04. The molecule has 32 heavy (non-hydrogen) atoms. The molecule has 1 aliphatic rings. The van der Waals surface area contributed by atoms with Crippen molar-refractivity contribution in [1.29, 1.82) is 0 Å². The van der Waals surface area contributed by atoms with Crippen molar-refractivity contribution in [3.05, 3.63) is 60.0 Å². The number of aryl methyl sites for hydroxylation is 2. The normalized spacial score (nSPS) is 14.9. The Morgan fingerprint density at radius 2 is 1.84 bits per heavy atom. The van der Waals surface area contributed by atoms with Gasteiger partial charge in [-0.3, -0.25) is 4.79 Å². The van der Waals surface area contributed by atoms with Crippen LogP contribution in [0.3, 0.4) is 0 Å². The van der Waals surface area contributed by atoms with Crippen LogP contribution < -0.4 is 5.32 Å². The molecule has 0 unspecified atom stereocenters. The third-order valence-electron chi connectivity index (χ3n) is 5.64. The van der Waals surface area contributed by atoms with Gasteiger partial charge in [-0.05, 0) is 61.6 Å². The van der Waals surface area contributed by atoms with E-state index in [1.54, 1.807) is 34.6 Å². The van der Waals surface area contributed by atoms with E-state index in [9.17, 15) is 13.2 Å². The molecule has 0 spiro atoms. The predicted octanol–water partition coefficient (Wildman–Crippen LogP) is 3.79. The second-order valence-corrected chi connectivity index (χ2v) is 9.87. The first-order valence-corrected chi connectivity index (χ1v) is 12.1. The highest BCUT2D eigenvalue weighted by Gasteiger charge is 2.25. The zero-order valence-corrected chi connectivity index (χ0v) is 18.8. The third-order valence-corrected chi connectivity index (χ3v) is 7.55. The lowest BCUT2D eigenvalue weighted by atomic mass is 10.1. The lowest BCUT2D eigenvalue weighted by molar-refractivity contribution is -0.116. The summed E-state index contributed by atoms with van der Waals surface area (Å²) in [5, 5.41) is 10.5. The summed E-state index contributed by atoms with van der Waals surface area (Å²) >= 11 is 0. The highest BCUT2D eigenvalue weighted by molar-refractivity contribution is 7.89. The molecule has 1 amide bonds. The number of aromatic nitrogens is 2. The van der Waals surface area contributed by atoms with Gasteiger partial charge in [0.05, 0.1) is 4.90 Å². The Labute approximate surface area is 187 Å². The number of hydrogen-bond donors (Lipinski definition) is 1. The number of carbonyl (C=O) groups is 1. The summed E-state index contributed by atoms with van der Waals surface area (Å²) in [6, 6.07) is 12.4. The highest BCUT2D eigenvalue weighted by Crippen LogP contribution is 2.24. The molecule has 168 valence electrons. The number of sulfonamides is 1. The van der Waals surface area contributed by atoms with Crippen LogP contribution in [0.2, 0.25) is 0 Å². The molecule has 0 saturated carbocycles. The molecule has 3 aromatic rings. The first-order chi connectivity index (χ1) is 15.4. The number of nitrogens with zero attached hydrogens (tertiary/aromatic N) is 3. The largest absolute Gasteiger partial charge is 0.423 e. The molecule has 0 bridgehead atoms. The van der Waals surface area contributed by atoms with Crippen LogP contribution in [0, 0.1) is 6.92 Å². The Bertz CT molecular complexity index is 1170. The smallest absolute Gasteiger partial charge is 0.247 e. The average molecular weight is 455 g/mol. The number of hydrogen-bond acceptors (Lipinski definition) is 6. The van der Waals surface area contributed by atoms with E-state index in [0.717, 1.165) is 36.0 Å². The van der Waals surface area contributed by atoms with Crippen molar-refractivity contribution in [3.63, 3.8) is 0 Å². The minimum absolute atomic E-state index is 0.124. The van der Waals surface area contributed by atoms with E-state index < -0.39 is 10.0 Å². The standard InChI is InChI=1S/C23H26N4O4S/c1-17-5-9-19(23-26-24-16-31-23)15-21(17)25-22(28)12-8-18-6-10-20(11-7-18)32(29,30)27-13-3-2-4-14-27/h5-7,9-11,15-16H,2-4,8,12-14H2,1H3,(H,25,28). The van der Waals surface area contributed by atoms with Crippen molar-refractivity contribution in [1.82, 2.24) is 14.5 Å². The fourth-order valence-corrected chi connectivity index (χ4v) is 5.26. The lowest BCUT2D eigenvalue weighted by Gasteiger charge is -2.25. The fraction of sp³-hybridized carbons (Fsp3) is 0.348. The van der Waals surface area contributed by atoms with Crippen molar-refractivity contribution >= 4 is 21.6 Å². The molecule has 1 aliphatic heterocycles. The summed E-state index contributed by atoms with van der Waals surface area (Å²) in [6.45, 7) is 3.07. The summed E-state index contributed by atoms with van der Waals surface area (Å²) in [5.74, 6) is 0.265. The van der Waals surface area contributed by atoms with Gasteiger partial charge >= 0.3 is 0 Å². The SMILES string of the molecule is Cc1ccc(-c2nnco2)cc1NC(=O)CCc1ccc(S(=O)(=O)N2CCCCC2)cc1. The quantitative estimate of drug-likeness (QED) is 0.582. The third kappa shape index (κ3) is 5.05. The molecule has 0 radical (unpaired) electrons. The zero-order chi connectivity index (χ0) is 22.6. The minimum atomic E-state index is -3.44. The van der Waals surface area contributed by atoms with Crippen LogP contribution in [-0.4, -0.2) is 41.9 Å². The van der Waals surface area contributed by atoms with E-state index in [2.05, 4.69) is 15.5 Å². The first kappa shape index (κ1) is 22.2. The molecule has 1 N–H and O–H groups in total. The highest BCUT2D eigenvalue weighted by atomic mass is 32.2. The van der Waals surface area contributed by atoms with Crippen molar-refractivity contribution in [2.75, 3.05) is 18.4 Å². The summed E-state index contributed by atoms with van der Waals surface area (Å²) in [7, 11) is -3.44. The number of carbonyl (C=O) groups excluding carboxylic acids is 1. The summed E-state index contributed by atoms with van der Waals surface area (Å²) in [6.07, 6.45) is 4.94. The zero-order valence-electron chi connectivity index (χ0n) is 18.0. The molecule has 9 heteroatoms. The van der Waals surface area contributed by atoms with Gasteiger partial charge in [-0.1, -0.05) is 24.6 Å². The van der Waals surface area contributed by atoms with E-state index in [1.165, 1.54) is 6.39 Å². The number of nitrogens with one attached hydrogen (secondary N) is 1. The number of benzene rings is 2. The fourth-order valence-electron chi connectivity index (χ4n) is 3.74. The monoisotopic (exact) mass is 454 g/mol. The molecule has 2 heterocycles. The molecular formula is C23H26N4O4S. The summed E-state index contributed by atoms with van der Waals surface area (Å²) in [5.41, 5.74) is 3.26. The van der Waals surface area contributed by atoms with Crippen LogP contribution in [0.1, 0.15) is 36.8 Å². The maximum absolute atomic E-state index is 12.8. The van der Waals surface area contributed by atoms with Crippen molar-refractivity contribution < 1.29 is 17.6 Å². The molecule has 2 aromatic carbocycles. The number of rotatable bonds is 7. The summed E-state index contributed by atoms with van der Waals surface area (Å²) < 4.78 is 32.3. The Balaban J connectivity index is 1.36. The second kappa shape index (κ2) is 9.62. The maximum atomic E-state index is 12.8. The minimum Gasteiger partial charge on any atom is -0.423 e. The van der Waals surface area contributed by atoms with Gasteiger partial charge < -0.3 is 9.73 Å². The van der Waals surface area contributed by atoms with Crippen LogP contribution in [0.5, 0.6) is 0 Å². The van der Waals surface area contributed by atoms with Crippen molar-refractivity contribution in [2.24, 2.45) is 0 Å². The average Bonchev–Trinajstić information content (AvgIpc) is 3.35. The van der Waals surface area contributed by atoms with Crippen LogP contribution in [0.15, 0.2) is 58.2 Å². The van der Waals surface area contributed by atoms with E-state index in [1.807, 2.05) is 19.1 Å². The van der Waals surface area contributed by atoms with Crippen molar-refractivity contribution in [3.8, 4) is 11.5 Å². The second-order valence-electron chi connectivity index (χ2n) is 7.93. The molecule has 4 rings (SSSR count). The molecular weight excluding hydrogens is 428 g/mol. The lowest BCUT2D eigenvalue weighted by Crippen LogP contribution is -2.35. The van der Waals surface area contributed by atoms with E-state index in [0.29, 0.717) is 36.0 Å². The topological polar surface area (TPSA) is 105 Å². The van der Waals surface area contributed by atoms with Gasteiger partial charge in [0.25, 0.3) is 0 Å². The molecule has 1 saturated heterocycles. The van der Waals surface area contributed by atoms with Crippen LogP contribution in [0.25, 0.3) is 11.5 Å². The van der Waals surface area contributed by atoms with E-state index >= 15 is 0 Å². The van der Waals surface area contributed by atoms with E-state index in [4.69, 9.17) is 4.42 Å². The predicted molar refractivity (Wildman–Crippen MR) is 120 cm³/mol. The number of anilines is 1. The molecule has 1 aromatic heterocycles. The maximum Gasteiger partial charge on any atom is 0.247 e. The van der Waals surface area contributed by atoms with Gasteiger partial charge in [0.15, 0.2) is 0 Å². The van der Waals surface area contributed by atoms with Crippen LogP contribution in [-0.2, 0) is 21.2 Å². The van der Waals surface area contributed by atoms with Gasteiger partial charge in [0.2, 0.25) is 28.2 Å². The molecule has 8 nitrogen and oxygen atoms in total. The Morgan fingerprint density at radius 3 is 2.53 bits per heavy atom. The Kier molecular flexibility index (Phi) is 6.66. The summed E-state index contributed by atoms with van der Waals surface area (Å²) in [4.78, 5) is 12.8. The van der Waals surface area contributed by atoms with Gasteiger partial charge in [0.1, 0.15) is 0 Å². The molecule has 0 atom stereocenters. The van der Waals surface area contributed by atoms with Gasteiger partial charge in [0, 0.05) is 30.8 Å². The van der Waals surface area contributed by atoms with Gasteiger partial charge in [-0.2, -0.15) is 4.31 Å². The van der Waals surface area contributed by atoms with Crippen LogP contribution in [0.4, 0.5) is 5.69 Å². The first-order valence-electron chi connectivity index (χ1n) is 10.7. The van der Waals surface area contributed by atoms with E-state index in [-0.39, 0.29) is 12.3 Å². The Morgan fingerprint density at radius 1 is 1.09 bits per heavy atom.